The van der Waals surface area contributed by atoms with E-state index in [4.69, 9.17) is 0 Å². The molecule has 7 atom stereocenters. The van der Waals surface area contributed by atoms with Crippen LogP contribution in [0.4, 0.5) is 4.39 Å². The van der Waals surface area contributed by atoms with Crippen LogP contribution < -0.4 is 0 Å². The van der Waals surface area contributed by atoms with Gasteiger partial charge in [0.25, 0.3) is 0 Å². The molecule has 4 aliphatic rings. The van der Waals surface area contributed by atoms with Gasteiger partial charge in [-0.1, -0.05) is 24.5 Å². The van der Waals surface area contributed by atoms with E-state index >= 15 is 0 Å². The van der Waals surface area contributed by atoms with E-state index < -0.39 is 5.60 Å². The molecule has 4 aliphatic carbocycles. The van der Waals surface area contributed by atoms with Gasteiger partial charge in [-0.05, 0) is 81.1 Å². The zero-order valence-electron chi connectivity index (χ0n) is 15.3. The van der Waals surface area contributed by atoms with Crippen LogP contribution >= 0.6 is 0 Å². The molecule has 0 unspecified atom stereocenters. The Labute approximate surface area is 150 Å². The van der Waals surface area contributed by atoms with Crippen molar-refractivity contribution in [2.45, 2.75) is 70.5 Å². The molecule has 0 aromatic rings. The van der Waals surface area contributed by atoms with Crippen molar-refractivity contribution in [3.63, 3.8) is 0 Å². The minimum absolute atomic E-state index is 0.234. The van der Waals surface area contributed by atoms with E-state index in [0.717, 1.165) is 44.0 Å². The van der Waals surface area contributed by atoms with Crippen molar-refractivity contribution in [1.82, 2.24) is 0 Å². The van der Waals surface area contributed by atoms with E-state index in [1.54, 1.807) is 6.92 Å². The number of fused-ring (bicyclic) bond motifs is 5. The third-order valence-corrected chi connectivity index (χ3v) is 7.87. The Kier molecular flexibility index (Phi) is 4.13. The average Bonchev–Trinajstić information content (AvgIpc) is 2.85. The van der Waals surface area contributed by atoms with Crippen LogP contribution in [0, 0.1) is 40.9 Å². The van der Waals surface area contributed by atoms with Gasteiger partial charge in [-0.3, -0.25) is 0 Å². The van der Waals surface area contributed by atoms with E-state index in [1.165, 1.54) is 5.57 Å². The molecule has 4 rings (SSSR count). The second-order valence-corrected chi connectivity index (χ2v) is 8.90. The van der Waals surface area contributed by atoms with Crippen molar-refractivity contribution >= 4 is 0 Å². The summed E-state index contributed by atoms with van der Waals surface area (Å²) in [6.45, 7) is 3.90. The van der Waals surface area contributed by atoms with Gasteiger partial charge >= 0.3 is 0 Å². The van der Waals surface area contributed by atoms with Gasteiger partial charge in [0.15, 0.2) is 0 Å². The lowest BCUT2D eigenvalue weighted by molar-refractivity contribution is -0.0626. The monoisotopic (exact) mass is 344 g/mol. The molecule has 3 fully saturated rings. The Morgan fingerprint density at radius 3 is 2.84 bits per heavy atom. The van der Waals surface area contributed by atoms with E-state index in [9.17, 15) is 14.6 Å². The number of aliphatic hydroxyl groups is 2. The first-order valence-electron chi connectivity index (χ1n) is 9.76. The zero-order valence-corrected chi connectivity index (χ0v) is 15.3. The molecule has 3 heteroatoms. The quantitative estimate of drug-likeness (QED) is 0.512. The number of rotatable bonds is 0. The number of hydrogen-bond acceptors (Lipinski definition) is 2. The van der Waals surface area contributed by atoms with Gasteiger partial charge in [0.2, 0.25) is 0 Å². The molecule has 0 heterocycles. The molecule has 25 heavy (non-hydrogen) atoms. The minimum Gasteiger partial charge on any atom is -0.393 e. The summed E-state index contributed by atoms with van der Waals surface area (Å²) < 4.78 is 14.0. The molecule has 0 spiro atoms. The highest BCUT2D eigenvalue weighted by molar-refractivity contribution is 5.33. The molecule has 0 radical (unpaired) electrons. The summed E-state index contributed by atoms with van der Waals surface area (Å²) >= 11 is 0. The zero-order chi connectivity index (χ0) is 17.8. The summed E-state index contributed by atoms with van der Waals surface area (Å²) in [4.78, 5) is 0. The molecule has 136 valence electrons. The Balaban J connectivity index is 1.74. The molecule has 0 aliphatic heterocycles. The minimum atomic E-state index is -1.00. The second-order valence-electron chi connectivity index (χ2n) is 8.90. The van der Waals surface area contributed by atoms with Crippen molar-refractivity contribution < 1.29 is 14.6 Å². The topological polar surface area (TPSA) is 40.5 Å². The molecule has 0 aromatic carbocycles. The third-order valence-electron chi connectivity index (χ3n) is 7.87. The summed E-state index contributed by atoms with van der Waals surface area (Å²) in [5.41, 5.74) is 0.839. The standard InChI is InChI=1S/C22H29FO2/c1-3-9-22(25)10-8-19-18-6-4-14-11-16(24)5-7-17(14)20(18)15(13-23)12-21(19,22)2/h4,13,16-20,24-25H,5-8,10-12H2,1-2H3/b15-13+/t16-,17-,18-,19-,20+,21-,22-/m0/s1. The molecular weight excluding hydrogens is 315 g/mol. The predicted molar refractivity (Wildman–Crippen MR) is 96.1 cm³/mol. The summed E-state index contributed by atoms with van der Waals surface area (Å²) in [6, 6.07) is 0. The fourth-order valence-corrected chi connectivity index (χ4v) is 6.71. The van der Waals surface area contributed by atoms with Crippen molar-refractivity contribution in [3.05, 3.63) is 23.6 Å². The normalized spacial score (nSPS) is 50.2. The maximum Gasteiger partial charge on any atom is 0.131 e. The number of hydrogen-bond donors (Lipinski definition) is 2. The lowest BCUT2D eigenvalue weighted by atomic mass is 9.50. The van der Waals surface area contributed by atoms with Crippen LogP contribution in [-0.2, 0) is 0 Å². The number of allylic oxidation sites excluding steroid dienone is 2. The van der Waals surface area contributed by atoms with Gasteiger partial charge in [0.05, 0.1) is 12.4 Å². The summed E-state index contributed by atoms with van der Waals surface area (Å²) in [5, 5.41) is 21.3. The highest BCUT2D eigenvalue weighted by Crippen LogP contribution is 2.65. The van der Waals surface area contributed by atoms with E-state index in [0.29, 0.717) is 30.6 Å². The van der Waals surface area contributed by atoms with Crippen LogP contribution in [0.5, 0.6) is 0 Å². The van der Waals surface area contributed by atoms with Gasteiger partial charge in [0, 0.05) is 5.41 Å². The fraction of sp³-hybridized carbons (Fsp3) is 0.727. The first-order chi connectivity index (χ1) is 11.9. The third kappa shape index (κ3) is 2.37. The van der Waals surface area contributed by atoms with Crippen molar-refractivity contribution in [3.8, 4) is 11.8 Å². The molecular formula is C22H29FO2. The lowest BCUT2D eigenvalue weighted by Gasteiger charge is -2.55. The number of aliphatic hydroxyl groups excluding tert-OH is 1. The molecule has 2 N–H and O–H groups in total. The van der Waals surface area contributed by atoms with Gasteiger partial charge in [-0.2, -0.15) is 0 Å². The van der Waals surface area contributed by atoms with Crippen LogP contribution in [0.15, 0.2) is 23.6 Å². The molecule has 0 amide bonds. The van der Waals surface area contributed by atoms with Gasteiger partial charge in [-0.15, -0.1) is 5.92 Å². The molecule has 2 nitrogen and oxygen atoms in total. The van der Waals surface area contributed by atoms with Crippen LogP contribution in [0.2, 0.25) is 0 Å². The maximum atomic E-state index is 14.0. The van der Waals surface area contributed by atoms with E-state index in [-0.39, 0.29) is 17.4 Å². The highest BCUT2D eigenvalue weighted by atomic mass is 19.1. The van der Waals surface area contributed by atoms with Crippen molar-refractivity contribution in [2.75, 3.05) is 0 Å². The first-order valence-corrected chi connectivity index (χ1v) is 9.76. The SMILES string of the molecule is CC#C[C@]1(O)CC[C@H]2[C@@H]3CC=C4C[C@@H](O)CC[C@@H]4[C@H]3/C(=C/F)C[C@@]21C. The Morgan fingerprint density at radius 2 is 2.12 bits per heavy atom. The molecule has 0 aromatic heterocycles. The largest absolute Gasteiger partial charge is 0.393 e. The van der Waals surface area contributed by atoms with Crippen LogP contribution in [0.1, 0.15) is 58.8 Å². The Morgan fingerprint density at radius 1 is 1.32 bits per heavy atom. The summed E-state index contributed by atoms with van der Waals surface area (Å²) in [5.74, 6) is 7.37. The molecule has 3 saturated carbocycles. The van der Waals surface area contributed by atoms with Gasteiger partial charge in [-0.25, -0.2) is 4.39 Å². The molecule has 0 bridgehead atoms. The van der Waals surface area contributed by atoms with Crippen molar-refractivity contribution in [1.29, 1.82) is 0 Å². The van der Waals surface area contributed by atoms with E-state index in [1.807, 2.05) is 0 Å². The van der Waals surface area contributed by atoms with Gasteiger partial charge in [0.1, 0.15) is 5.60 Å². The smallest absolute Gasteiger partial charge is 0.131 e. The van der Waals surface area contributed by atoms with Crippen LogP contribution in [-0.4, -0.2) is 21.9 Å². The predicted octanol–water partition coefficient (Wildman–Crippen LogP) is 4.14. The highest BCUT2D eigenvalue weighted by Gasteiger charge is 2.63. The fourth-order valence-electron chi connectivity index (χ4n) is 6.71. The number of halogens is 1. The second kappa shape index (κ2) is 5.96. The van der Waals surface area contributed by atoms with Crippen LogP contribution in [0.3, 0.4) is 0 Å². The molecule has 0 saturated heterocycles. The lowest BCUT2D eigenvalue weighted by Crippen LogP contribution is -2.52. The van der Waals surface area contributed by atoms with Gasteiger partial charge < -0.3 is 10.2 Å². The first kappa shape index (κ1) is 17.3. The Bertz CT molecular complexity index is 684. The van der Waals surface area contributed by atoms with E-state index in [2.05, 4.69) is 24.8 Å². The average molecular weight is 344 g/mol. The summed E-state index contributed by atoms with van der Waals surface area (Å²) in [7, 11) is 0. The summed E-state index contributed by atoms with van der Waals surface area (Å²) in [6.07, 6.45) is 8.64. The van der Waals surface area contributed by atoms with Crippen molar-refractivity contribution in [2.24, 2.45) is 29.1 Å². The maximum absolute atomic E-state index is 14.0. The van der Waals surface area contributed by atoms with Crippen LogP contribution in [0.25, 0.3) is 0 Å². The Hall–Kier alpha value is -1.11.